The van der Waals surface area contributed by atoms with E-state index in [9.17, 15) is 4.79 Å². The van der Waals surface area contributed by atoms with Crippen LogP contribution in [0.1, 0.15) is 22.0 Å². The Kier molecular flexibility index (Phi) is 5.10. The number of carbonyl (C=O) groups is 1. The van der Waals surface area contributed by atoms with Crippen molar-refractivity contribution in [2.24, 2.45) is 0 Å². The van der Waals surface area contributed by atoms with Gasteiger partial charge in [-0.15, -0.1) is 0 Å². The average Bonchev–Trinajstić information content (AvgIpc) is 3.43. The molecule has 0 aliphatic carbocycles. The van der Waals surface area contributed by atoms with E-state index in [0.29, 0.717) is 23.6 Å². The van der Waals surface area contributed by atoms with Crippen molar-refractivity contribution in [2.45, 2.75) is 6.04 Å². The maximum absolute atomic E-state index is 12.8. The number of ether oxygens (including phenoxy) is 4. The smallest absolute Gasteiger partial charge is 0.251 e. The van der Waals surface area contributed by atoms with Crippen molar-refractivity contribution in [3.8, 4) is 23.0 Å². The van der Waals surface area contributed by atoms with Gasteiger partial charge in [0.15, 0.2) is 23.0 Å². The highest BCUT2D eigenvalue weighted by molar-refractivity contribution is 5.95. The van der Waals surface area contributed by atoms with Gasteiger partial charge in [0.1, 0.15) is 0 Å². The lowest BCUT2D eigenvalue weighted by atomic mass is 10.0. The van der Waals surface area contributed by atoms with Crippen molar-refractivity contribution in [1.29, 1.82) is 0 Å². The zero-order valence-corrected chi connectivity index (χ0v) is 16.9. The van der Waals surface area contributed by atoms with Crippen molar-refractivity contribution in [2.75, 3.05) is 53.4 Å². The first-order valence-corrected chi connectivity index (χ1v) is 10.2. The topological polar surface area (TPSA) is 72.5 Å². The zero-order chi connectivity index (χ0) is 20.5. The van der Waals surface area contributed by atoms with E-state index >= 15 is 0 Å². The fourth-order valence-corrected chi connectivity index (χ4v) is 4.04. The van der Waals surface area contributed by atoms with Crippen molar-refractivity contribution in [1.82, 2.24) is 15.1 Å². The number of amides is 1. The number of nitrogens with zero attached hydrogens (tertiary/aromatic N) is 2. The molecule has 8 heteroatoms. The maximum Gasteiger partial charge on any atom is 0.251 e. The third-order valence-corrected chi connectivity index (χ3v) is 5.85. The monoisotopic (exact) mass is 411 g/mol. The molecule has 0 aromatic heterocycles. The largest absolute Gasteiger partial charge is 0.454 e. The zero-order valence-electron chi connectivity index (χ0n) is 16.9. The molecule has 0 radical (unpaired) electrons. The standard InChI is InChI=1S/C22H25N3O5/c1-24-6-8-25(9-7-24)17(15-2-4-18-20(10-15)29-13-27-18)12-23-22(26)16-3-5-19-21(11-16)30-14-28-19/h2-5,10-11,17H,6-9,12-14H2,1H3,(H,23,26)/t17-/m0/s1. The van der Waals surface area contributed by atoms with E-state index in [1.54, 1.807) is 18.2 Å². The minimum Gasteiger partial charge on any atom is -0.454 e. The molecular formula is C22H25N3O5. The molecule has 1 amide bonds. The lowest BCUT2D eigenvalue weighted by Crippen LogP contribution is -2.48. The number of piperazine rings is 1. The summed E-state index contributed by atoms with van der Waals surface area (Å²) in [5, 5.41) is 3.10. The van der Waals surface area contributed by atoms with Gasteiger partial charge in [0, 0.05) is 38.3 Å². The van der Waals surface area contributed by atoms with Gasteiger partial charge in [0.25, 0.3) is 5.91 Å². The summed E-state index contributed by atoms with van der Waals surface area (Å²) in [5.74, 6) is 2.67. The molecule has 3 heterocycles. The van der Waals surface area contributed by atoms with Crippen LogP contribution >= 0.6 is 0 Å². The minimum atomic E-state index is -0.131. The summed E-state index contributed by atoms with van der Waals surface area (Å²) in [6.45, 7) is 4.81. The van der Waals surface area contributed by atoms with E-state index in [0.717, 1.165) is 43.2 Å². The van der Waals surface area contributed by atoms with Crippen LogP contribution < -0.4 is 24.3 Å². The molecule has 1 fully saturated rings. The van der Waals surface area contributed by atoms with Gasteiger partial charge in [-0.25, -0.2) is 0 Å². The number of nitrogens with one attached hydrogen (secondary N) is 1. The number of likely N-dealkylation sites (N-methyl/N-ethyl adjacent to an activating group) is 1. The molecule has 3 aliphatic heterocycles. The van der Waals surface area contributed by atoms with Gasteiger partial charge in [0.2, 0.25) is 13.6 Å². The molecule has 0 spiro atoms. The minimum absolute atomic E-state index is 0.0474. The lowest BCUT2D eigenvalue weighted by Gasteiger charge is -2.38. The van der Waals surface area contributed by atoms with Crippen LogP contribution in [0.15, 0.2) is 36.4 Å². The van der Waals surface area contributed by atoms with E-state index in [1.165, 1.54) is 0 Å². The third kappa shape index (κ3) is 3.76. The van der Waals surface area contributed by atoms with Crippen LogP contribution in [-0.2, 0) is 0 Å². The molecule has 5 rings (SSSR count). The van der Waals surface area contributed by atoms with Gasteiger partial charge in [-0.1, -0.05) is 6.07 Å². The summed E-state index contributed by atoms with van der Waals surface area (Å²) in [4.78, 5) is 17.6. The summed E-state index contributed by atoms with van der Waals surface area (Å²) in [7, 11) is 2.13. The second-order valence-electron chi connectivity index (χ2n) is 7.75. The first-order chi connectivity index (χ1) is 14.7. The quantitative estimate of drug-likeness (QED) is 0.805. The van der Waals surface area contributed by atoms with Crippen molar-refractivity contribution < 1.29 is 23.7 Å². The highest BCUT2D eigenvalue weighted by Gasteiger charge is 2.27. The van der Waals surface area contributed by atoms with Crippen LogP contribution in [0.25, 0.3) is 0 Å². The van der Waals surface area contributed by atoms with E-state index in [2.05, 4.69) is 28.2 Å². The molecule has 0 saturated carbocycles. The van der Waals surface area contributed by atoms with E-state index < -0.39 is 0 Å². The predicted molar refractivity (Wildman–Crippen MR) is 109 cm³/mol. The number of benzene rings is 2. The molecule has 0 bridgehead atoms. The number of carbonyl (C=O) groups excluding carboxylic acids is 1. The Morgan fingerprint density at radius 2 is 1.53 bits per heavy atom. The van der Waals surface area contributed by atoms with Crippen LogP contribution in [0.4, 0.5) is 0 Å². The van der Waals surface area contributed by atoms with Crippen molar-refractivity contribution in [3.63, 3.8) is 0 Å². The fraction of sp³-hybridized carbons (Fsp3) is 0.409. The summed E-state index contributed by atoms with van der Waals surface area (Å²) >= 11 is 0. The average molecular weight is 411 g/mol. The molecule has 8 nitrogen and oxygen atoms in total. The second kappa shape index (κ2) is 8.04. The van der Waals surface area contributed by atoms with E-state index in [1.807, 2.05) is 12.1 Å². The van der Waals surface area contributed by atoms with Crippen LogP contribution in [0, 0.1) is 0 Å². The molecule has 30 heavy (non-hydrogen) atoms. The van der Waals surface area contributed by atoms with Crippen LogP contribution in [-0.4, -0.2) is 69.1 Å². The Bertz CT molecular complexity index is 942. The summed E-state index contributed by atoms with van der Waals surface area (Å²) < 4.78 is 21.7. The third-order valence-electron chi connectivity index (χ3n) is 5.85. The molecule has 1 N–H and O–H groups in total. The fourth-order valence-electron chi connectivity index (χ4n) is 4.04. The normalized spacial score (nSPS) is 19.0. The van der Waals surface area contributed by atoms with Gasteiger partial charge in [-0.2, -0.15) is 0 Å². The highest BCUT2D eigenvalue weighted by atomic mass is 16.7. The Morgan fingerprint density at radius 3 is 2.27 bits per heavy atom. The Labute approximate surface area is 175 Å². The molecular weight excluding hydrogens is 386 g/mol. The Morgan fingerprint density at radius 1 is 0.900 bits per heavy atom. The maximum atomic E-state index is 12.8. The first kappa shape index (κ1) is 19.0. The van der Waals surface area contributed by atoms with E-state index in [4.69, 9.17) is 18.9 Å². The molecule has 3 aliphatic rings. The van der Waals surface area contributed by atoms with Crippen LogP contribution in [0.3, 0.4) is 0 Å². The van der Waals surface area contributed by atoms with Crippen molar-refractivity contribution in [3.05, 3.63) is 47.5 Å². The summed E-state index contributed by atoms with van der Waals surface area (Å²) in [6, 6.07) is 11.3. The number of hydrogen-bond donors (Lipinski definition) is 1. The summed E-state index contributed by atoms with van der Waals surface area (Å²) in [6.07, 6.45) is 0. The molecule has 2 aromatic rings. The Balaban J connectivity index is 1.33. The number of hydrogen-bond acceptors (Lipinski definition) is 7. The van der Waals surface area contributed by atoms with Gasteiger partial charge < -0.3 is 29.2 Å². The first-order valence-electron chi connectivity index (χ1n) is 10.2. The van der Waals surface area contributed by atoms with E-state index in [-0.39, 0.29) is 25.5 Å². The molecule has 2 aromatic carbocycles. The molecule has 0 unspecified atom stereocenters. The summed E-state index contributed by atoms with van der Waals surface area (Å²) in [5.41, 5.74) is 1.66. The van der Waals surface area contributed by atoms with Gasteiger partial charge in [-0.3, -0.25) is 9.69 Å². The Hall–Kier alpha value is -2.97. The predicted octanol–water partition coefficient (Wildman–Crippen LogP) is 1.86. The number of fused-ring (bicyclic) bond motifs is 2. The van der Waals surface area contributed by atoms with Gasteiger partial charge in [0.05, 0.1) is 6.04 Å². The molecule has 1 atom stereocenters. The van der Waals surface area contributed by atoms with Gasteiger partial charge >= 0.3 is 0 Å². The van der Waals surface area contributed by atoms with Crippen molar-refractivity contribution >= 4 is 5.91 Å². The van der Waals surface area contributed by atoms with Crippen LogP contribution in [0.2, 0.25) is 0 Å². The van der Waals surface area contributed by atoms with Crippen LogP contribution in [0.5, 0.6) is 23.0 Å². The number of rotatable bonds is 5. The highest BCUT2D eigenvalue weighted by Crippen LogP contribution is 2.36. The molecule has 158 valence electrons. The molecule has 1 saturated heterocycles. The second-order valence-corrected chi connectivity index (χ2v) is 7.75. The van der Waals surface area contributed by atoms with Gasteiger partial charge in [-0.05, 0) is 42.9 Å². The SMILES string of the molecule is CN1CCN([C@@H](CNC(=O)c2ccc3c(c2)OCO3)c2ccc3c(c2)OCO3)CC1. The lowest BCUT2D eigenvalue weighted by molar-refractivity contribution is 0.0885.